The van der Waals surface area contributed by atoms with E-state index in [0.717, 1.165) is 29.0 Å². The van der Waals surface area contributed by atoms with Gasteiger partial charge in [0.05, 0.1) is 23.8 Å². The van der Waals surface area contributed by atoms with Gasteiger partial charge >= 0.3 is 0 Å². The van der Waals surface area contributed by atoms with Gasteiger partial charge in [0.2, 0.25) is 11.8 Å². The van der Waals surface area contributed by atoms with Gasteiger partial charge in [-0.15, -0.1) is 0 Å². The van der Waals surface area contributed by atoms with Crippen molar-refractivity contribution >= 4 is 34.2 Å². The Kier molecular flexibility index (Phi) is 7.51. The highest BCUT2D eigenvalue weighted by atomic mass is 19.1. The molecule has 1 amide bonds. The summed E-state index contributed by atoms with van der Waals surface area (Å²) in [5.74, 6) is -0.696. The van der Waals surface area contributed by atoms with Gasteiger partial charge in [0.1, 0.15) is 35.8 Å². The second-order valence-corrected chi connectivity index (χ2v) is 11.4. The summed E-state index contributed by atoms with van der Waals surface area (Å²) in [6, 6.07) is 14.0. The largest absolute Gasteiger partial charge is 0.472 e. The predicted octanol–water partition coefficient (Wildman–Crippen LogP) is 4.44. The van der Waals surface area contributed by atoms with E-state index in [4.69, 9.17) is 15.5 Å². The third-order valence-corrected chi connectivity index (χ3v) is 8.53. The third-order valence-electron chi connectivity index (χ3n) is 8.53. The molecule has 0 saturated carbocycles. The Morgan fingerprint density at radius 2 is 1.93 bits per heavy atom. The summed E-state index contributed by atoms with van der Waals surface area (Å²) in [5.41, 5.74) is 10.7. The minimum Gasteiger partial charge on any atom is -0.472 e. The molecule has 1 fully saturated rings. The van der Waals surface area contributed by atoms with Crippen LogP contribution in [-0.2, 0) is 4.79 Å². The van der Waals surface area contributed by atoms with Gasteiger partial charge in [0.25, 0.3) is 0 Å². The molecule has 0 spiro atoms. The first-order chi connectivity index (χ1) is 22.3. The molecule has 2 aliphatic heterocycles. The number of carbonyl (C=O) groups excluding carboxylic acids is 1. The number of likely N-dealkylation sites (N-methyl/N-ethyl adjacent to an activating group) is 1. The molecule has 46 heavy (non-hydrogen) atoms. The van der Waals surface area contributed by atoms with Crippen LogP contribution >= 0.6 is 0 Å². The van der Waals surface area contributed by atoms with Crippen LogP contribution in [0, 0.1) is 11.6 Å². The number of nitrogens with two attached hydrogens (primary N) is 1. The highest BCUT2D eigenvalue weighted by Gasteiger charge is 2.41. The molecule has 11 nitrogen and oxygen atoms in total. The van der Waals surface area contributed by atoms with Crippen molar-refractivity contribution in [1.29, 1.82) is 0 Å². The highest BCUT2D eigenvalue weighted by Crippen LogP contribution is 2.35. The van der Waals surface area contributed by atoms with Crippen molar-refractivity contribution in [3.05, 3.63) is 84.3 Å². The molecule has 7 rings (SSSR count). The number of benzene rings is 2. The molecule has 2 aromatic carbocycles. The van der Waals surface area contributed by atoms with Crippen molar-refractivity contribution in [2.75, 3.05) is 37.8 Å². The van der Waals surface area contributed by atoms with Gasteiger partial charge in [0, 0.05) is 61.7 Å². The van der Waals surface area contributed by atoms with Crippen molar-refractivity contribution in [2.24, 2.45) is 4.99 Å². The molecule has 2 aliphatic rings. The molecule has 0 radical (unpaired) electrons. The van der Waals surface area contributed by atoms with Crippen LogP contribution in [0.25, 0.3) is 28.0 Å². The zero-order chi connectivity index (χ0) is 31.9. The van der Waals surface area contributed by atoms with E-state index in [0.29, 0.717) is 66.5 Å². The molecule has 4 bridgehead atoms. The van der Waals surface area contributed by atoms with Crippen molar-refractivity contribution < 1.29 is 18.3 Å². The van der Waals surface area contributed by atoms with E-state index < -0.39 is 23.8 Å². The van der Waals surface area contributed by atoms with Gasteiger partial charge in [-0.2, -0.15) is 5.10 Å². The average molecular weight is 624 g/mol. The highest BCUT2D eigenvalue weighted by molar-refractivity contribution is 6.09. The zero-order valence-corrected chi connectivity index (χ0v) is 25.3. The Morgan fingerprint density at radius 1 is 1.09 bits per heavy atom. The van der Waals surface area contributed by atoms with Crippen LogP contribution in [0.5, 0.6) is 5.88 Å². The fourth-order valence-electron chi connectivity index (χ4n) is 6.34. The molecule has 2 unspecified atom stereocenters. The lowest BCUT2D eigenvalue weighted by Gasteiger charge is -2.28. The average Bonchev–Trinajstić information content (AvgIpc) is 3.67. The maximum absolute atomic E-state index is 14.7. The Labute approximate surface area is 263 Å². The number of ether oxygens (including phenoxy) is 1. The predicted molar refractivity (Wildman–Crippen MR) is 170 cm³/mol. The standard InChI is InChI=1S/C33H31F2N9O2/c1-37-26-9-5-13-42(2)33(45)28-15-20(46-29-10-4-8-25(41-29)21-6-3-7-24(36)30(21)26)17-43(28)31-22-16-40-44(32(22)39-18-38-31)27-12-11-19(34)14-23(27)35/h3-4,6-8,10-12,14,16,18,20,28H,5,9,13,15,17,36H2,1-2H3. The van der Waals surface area contributed by atoms with Crippen LogP contribution in [0.3, 0.4) is 0 Å². The van der Waals surface area contributed by atoms with E-state index in [1.54, 1.807) is 25.1 Å². The van der Waals surface area contributed by atoms with Gasteiger partial charge < -0.3 is 20.3 Å². The monoisotopic (exact) mass is 623 g/mol. The van der Waals surface area contributed by atoms with E-state index in [1.807, 2.05) is 35.2 Å². The zero-order valence-electron chi connectivity index (χ0n) is 25.3. The summed E-state index contributed by atoms with van der Waals surface area (Å²) < 4.78 is 36.1. The van der Waals surface area contributed by atoms with Gasteiger partial charge in [-0.25, -0.2) is 28.4 Å². The number of hydrogen-bond donors (Lipinski definition) is 1. The maximum atomic E-state index is 14.7. The number of halogens is 2. The number of aromatic nitrogens is 5. The molecular formula is C33H31F2N9O2. The Balaban J connectivity index is 1.29. The van der Waals surface area contributed by atoms with Crippen molar-refractivity contribution in [2.45, 2.75) is 31.4 Å². The third kappa shape index (κ3) is 5.17. The number of nitrogen functional groups attached to an aromatic ring is 1. The minimum absolute atomic E-state index is 0.0433. The van der Waals surface area contributed by atoms with Crippen LogP contribution in [0.1, 0.15) is 24.8 Å². The van der Waals surface area contributed by atoms with Crippen LogP contribution in [0.15, 0.2) is 72.1 Å². The summed E-state index contributed by atoms with van der Waals surface area (Å²) >= 11 is 0. The quantitative estimate of drug-likeness (QED) is 0.286. The number of fused-ring (bicyclic) bond motifs is 7. The van der Waals surface area contributed by atoms with E-state index in [1.165, 1.54) is 23.3 Å². The van der Waals surface area contributed by atoms with Gasteiger partial charge in [0.15, 0.2) is 11.5 Å². The molecule has 1 saturated heterocycles. The van der Waals surface area contributed by atoms with E-state index in [-0.39, 0.29) is 11.6 Å². The van der Waals surface area contributed by atoms with E-state index in [2.05, 4.69) is 20.1 Å². The molecule has 5 aromatic rings. The number of aliphatic imine (C=N–C) groups is 1. The van der Waals surface area contributed by atoms with Gasteiger partial charge in [-0.3, -0.25) is 9.79 Å². The molecule has 2 N–H and O–H groups in total. The summed E-state index contributed by atoms with van der Waals surface area (Å²) in [5, 5.41) is 4.87. The number of rotatable bonds is 2. The Bertz CT molecular complexity index is 2000. The van der Waals surface area contributed by atoms with Crippen molar-refractivity contribution in [1.82, 2.24) is 29.6 Å². The fraction of sp³-hybridized carbons (Fsp3) is 0.273. The summed E-state index contributed by atoms with van der Waals surface area (Å²) in [4.78, 5) is 36.0. The molecule has 2 atom stereocenters. The summed E-state index contributed by atoms with van der Waals surface area (Å²) in [6.07, 6.45) is 4.12. The minimum atomic E-state index is -0.779. The first-order valence-electron chi connectivity index (χ1n) is 15.0. The number of anilines is 2. The normalized spacial score (nSPS) is 19.6. The fourth-order valence-corrected chi connectivity index (χ4v) is 6.34. The van der Waals surface area contributed by atoms with Crippen molar-refractivity contribution in [3.8, 4) is 22.8 Å². The van der Waals surface area contributed by atoms with Crippen LogP contribution in [0.2, 0.25) is 0 Å². The molecule has 5 heterocycles. The first-order valence-corrected chi connectivity index (χ1v) is 15.0. The van der Waals surface area contributed by atoms with Crippen LogP contribution in [0.4, 0.5) is 20.3 Å². The van der Waals surface area contributed by atoms with Gasteiger partial charge in [-0.1, -0.05) is 18.2 Å². The maximum Gasteiger partial charge on any atom is 0.245 e. The van der Waals surface area contributed by atoms with Gasteiger partial charge in [-0.05, 0) is 37.1 Å². The number of amides is 1. The second-order valence-electron chi connectivity index (χ2n) is 11.4. The SMILES string of the molecule is CN=C1CCCN(C)C(=O)C2CC(CN2c2ncnc3c2cnn3-c2ccc(F)cc2F)Oc2cccc(n2)-c2cccc(N)c21. The summed E-state index contributed by atoms with van der Waals surface area (Å²) in [7, 11) is 3.53. The molecule has 3 aromatic heterocycles. The smallest absolute Gasteiger partial charge is 0.245 e. The number of carbonyl (C=O) groups is 1. The lowest BCUT2D eigenvalue weighted by molar-refractivity contribution is -0.131. The van der Waals surface area contributed by atoms with Crippen LogP contribution in [-0.4, -0.2) is 80.6 Å². The summed E-state index contributed by atoms with van der Waals surface area (Å²) in [6.45, 7) is 0.817. The lowest BCUT2D eigenvalue weighted by Crippen LogP contribution is -2.45. The van der Waals surface area contributed by atoms with E-state index in [9.17, 15) is 13.6 Å². The van der Waals surface area contributed by atoms with Crippen LogP contribution < -0.4 is 15.4 Å². The molecule has 13 heteroatoms. The van der Waals surface area contributed by atoms with E-state index >= 15 is 0 Å². The topological polar surface area (TPSA) is 128 Å². The first kappa shape index (κ1) is 29.3. The number of pyridine rings is 1. The molecule has 234 valence electrons. The molecule has 0 aliphatic carbocycles. The lowest BCUT2D eigenvalue weighted by atomic mass is 9.95. The second kappa shape index (κ2) is 11.8. The molecular weight excluding hydrogens is 592 g/mol. The number of nitrogens with zero attached hydrogens (tertiary/aromatic N) is 8. The Hall–Kier alpha value is -5.46. The Morgan fingerprint density at radius 3 is 2.76 bits per heavy atom. The number of hydrogen-bond acceptors (Lipinski definition) is 9. The van der Waals surface area contributed by atoms with Crippen molar-refractivity contribution in [3.63, 3.8) is 0 Å².